The zero-order valence-corrected chi connectivity index (χ0v) is 27.0. The first-order chi connectivity index (χ1) is 23.3. The van der Waals surface area contributed by atoms with Gasteiger partial charge in [0.25, 0.3) is 21.5 Å². The number of carbonyl (C=O) groups excluding carboxylic acids is 2. The van der Waals surface area contributed by atoms with Crippen LogP contribution in [0.15, 0.2) is 91.0 Å². The van der Waals surface area contributed by atoms with Gasteiger partial charge in [-0.25, -0.2) is 9.59 Å². The first-order valence-electron chi connectivity index (χ1n) is 15.0. The summed E-state index contributed by atoms with van der Waals surface area (Å²) in [6, 6.07) is 23.7. The molecule has 1 heterocycles. The summed E-state index contributed by atoms with van der Waals surface area (Å²) < 4.78 is 41.5. The van der Waals surface area contributed by atoms with Crippen LogP contribution >= 0.6 is 0 Å². The van der Waals surface area contributed by atoms with Crippen LogP contribution in [0.5, 0.6) is 0 Å². The number of likely N-dealkylation sites (tertiary alicyclic amines) is 1. The van der Waals surface area contributed by atoms with Gasteiger partial charge in [0.15, 0.2) is 0 Å². The highest BCUT2D eigenvalue weighted by Crippen LogP contribution is 2.35. The van der Waals surface area contributed by atoms with Gasteiger partial charge in [0, 0.05) is 36.7 Å². The number of amides is 2. The fourth-order valence-corrected chi connectivity index (χ4v) is 6.61. The maximum absolute atomic E-state index is 13.6. The Kier molecular flexibility index (Phi) is 10.4. The molecule has 0 radical (unpaired) electrons. The van der Waals surface area contributed by atoms with E-state index in [1.807, 2.05) is 42.5 Å². The Morgan fingerprint density at radius 3 is 2.02 bits per heavy atom. The van der Waals surface area contributed by atoms with E-state index in [0.29, 0.717) is 17.5 Å². The second-order valence-corrected chi connectivity index (χ2v) is 13.2. The van der Waals surface area contributed by atoms with Crippen LogP contribution < -0.4 is 5.32 Å². The van der Waals surface area contributed by atoms with E-state index in [2.05, 4.69) is 5.32 Å². The minimum Gasteiger partial charge on any atom is -0.445 e. The zero-order chi connectivity index (χ0) is 35.2. The summed E-state index contributed by atoms with van der Waals surface area (Å²) in [5, 5.41) is 26.4. The molecule has 0 bridgehead atoms. The first kappa shape index (κ1) is 34.7. The van der Waals surface area contributed by atoms with Gasteiger partial charge >= 0.3 is 12.2 Å². The molecule has 49 heavy (non-hydrogen) atoms. The van der Waals surface area contributed by atoms with Crippen molar-refractivity contribution < 1.29 is 41.5 Å². The van der Waals surface area contributed by atoms with Crippen LogP contribution in [0.1, 0.15) is 23.1 Å². The van der Waals surface area contributed by atoms with Crippen LogP contribution in [0, 0.1) is 20.2 Å². The molecule has 4 aromatic rings. The lowest BCUT2D eigenvalue weighted by Crippen LogP contribution is -2.48. The van der Waals surface area contributed by atoms with E-state index >= 15 is 0 Å². The number of non-ortho nitro benzene ring substituents is 2. The number of ether oxygens (including phenoxy) is 2. The highest BCUT2D eigenvalue weighted by atomic mass is 32.2. The predicted octanol–water partition coefficient (Wildman–Crippen LogP) is 5.25. The van der Waals surface area contributed by atoms with E-state index in [1.54, 1.807) is 0 Å². The number of rotatable bonds is 12. The molecular formula is C33H32N4O11S. The van der Waals surface area contributed by atoms with E-state index in [1.165, 1.54) is 53.4 Å². The molecule has 1 saturated heterocycles. The average molecular weight is 693 g/mol. The molecule has 15 nitrogen and oxygen atoms in total. The largest absolute Gasteiger partial charge is 0.445 e. The number of carbonyl (C=O) groups is 2. The van der Waals surface area contributed by atoms with Crippen LogP contribution in [0.4, 0.5) is 21.0 Å². The van der Waals surface area contributed by atoms with Crippen LogP contribution in [0.25, 0.3) is 10.8 Å². The number of nitro groups is 2. The third-order valence-corrected chi connectivity index (χ3v) is 8.64. The zero-order valence-electron chi connectivity index (χ0n) is 26.2. The van der Waals surface area contributed by atoms with Crippen LogP contribution in [-0.4, -0.2) is 66.3 Å². The summed E-state index contributed by atoms with van der Waals surface area (Å²) in [5.74, 6) is 0. The first-order valence-corrected chi connectivity index (χ1v) is 16.8. The summed E-state index contributed by atoms with van der Waals surface area (Å²) in [6.07, 6.45) is -0.508. The summed E-state index contributed by atoms with van der Waals surface area (Å²) >= 11 is 0. The Labute approximate surface area is 280 Å². The number of alkyl carbamates (subject to hydrolysis) is 1. The van der Waals surface area contributed by atoms with Crippen molar-refractivity contribution in [2.45, 2.75) is 37.7 Å². The van der Waals surface area contributed by atoms with Crippen molar-refractivity contribution in [1.82, 2.24) is 10.2 Å². The lowest BCUT2D eigenvalue weighted by molar-refractivity contribution is -0.385. The molecular weight excluding hydrogens is 660 g/mol. The van der Waals surface area contributed by atoms with Crippen LogP contribution in [0.2, 0.25) is 0 Å². The lowest BCUT2D eigenvalue weighted by atomic mass is 9.94. The van der Waals surface area contributed by atoms with Gasteiger partial charge in [0.2, 0.25) is 0 Å². The highest BCUT2D eigenvalue weighted by molar-refractivity contribution is 7.86. The molecule has 0 saturated carbocycles. The number of nitrogens with one attached hydrogen (secondary N) is 1. The van der Waals surface area contributed by atoms with Crippen molar-refractivity contribution in [3.63, 3.8) is 0 Å². The molecule has 0 aromatic heterocycles. The van der Waals surface area contributed by atoms with Gasteiger partial charge in [0.05, 0.1) is 29.2 Å². The third-order valence-electron chi connectivity index (χ3n) is 7.99. The van der Waals surface area contributed by atoms with Gasteiger partial charge in [-0.15, -0.1) is 0 Å². The minimum atomic E-state index is -4.11. The monoisotopic (exact) mass is 692 g/mol. The van der Waals surface area contributed by atoms with E-state index in [-0.39, 0.29) is 44.1 Å². The molecule has 1 aliphatic rings. The second-order valence-electron chi connectivity index (χ2n) is 11.6. The highest BCUT2D eigenvalue weighted by Gasteiger charge is 2.50. The van der Waals surface area contributed by atoms with Crippen LogP contribution in [0.3, 0.4) is 0 Å². The summed E-state index contributed by atoms with van der Waals surface area (Å²) in [5.41, 5.74) is 0.0404. The predicted molar refractivity (Wildman–Crippen MR) is 176 cm³/mol. The van der Waals surface area contributed by atoms with Crippen molar-refractivity contribution in [2.24, 2.45) is 0 Å². The maximum Gasteiger partial charge on any atom is 0.410 e. The number of fused-ring (bicyclic) bond motifs is 1. The number of hydrogen-bond acceptors (Lipinski definition) is 11. The van der Waals surface area contributed by atoms with Crippen molar-refractivity contribution in [1.29, 1.82) is 0 Å². The number of nitro benzene ring substituents is 2. The Bertz CT molecular complexity index is 1970. The van der Waals surface area contributed by atoms with Gasteiger partial charge in [0.1, 0.15) is 18.8 Å². The molecule has 5 rings (SSSR count). The minimum absolute atomic E-state index is 0.00143. The van der Waals surface area contributed by atoms with Gasteiger partial charge in [-0.1, -0.05) is 42.5 Å². The Balaban J connectivity index is 1.35. The molecule has 1 aliphatic heterocycles. The van der Waals surface area contributed by atoms with Crippen molar-refractivity contribution in [3.8, 4) is 0 Å². The van der Waals surface area contributed by atoms with E-state index in [0.717, 1.165) is 22.6 Å². The molecule has 2 atom stereocenters. The molecule has 0 spiro atoms. The molecule has 2 amide bonds. The van der Waals surface area contributed by atoms with E-state index in [4.69, 9.17) is 13.7 Å². The quantitative estimate of drug-likeness (QED) is 0.116. The van der Waals surface area contributed by atoms with Crippen LogP contribution in [-0.2, 0) is 43.4 Å². The molecule has 4 aromatic carbocycles. The number of nitrogens with zero attached hydrogens (tertiary/aromatic N) is 3. The van der Waals surface area contributed by atoms with Crippen molar-refractivity contribution in [2.75, 3.05) is 19.3 Å². The molecule has 1 N–H and O–H groups in total. The summed E-state index contributed by atoms with van der Waals surface area (Å²) in [7, 11) is -4.11. The van der Waals surface area contributed by atoms with E-state index < -0.39 is 43.8 Å². The molecule has 0 unspecified atom stereocenters. The Morgan fingerprint density at radius 1 is 0.857 bits per heavy atom. The topological polar surface area (TPSA) is 198 Å². The lowest BCUT2D eigenvalue weighted by Gasteiger charge is -2.28. The SMILES string of the molecule is CS(=O)(=O)O[C@@]1(CNC(=O)OCc2ccc([N+](=O)[O-])cc2)C[C@@H](Cc2cccc3ccccc23)N(C(=O)OCc2ccc([N+](=O)[O-])cc2)C1. The standard InChI is InChI=1S/C33H32N4O11S/c1-49(44,45)48-33(21-34-31(38)46-19-23-9-13-27(14-10-23)36(40)41)18-29(17-26-7-4-6-25-5-2-3-8-30(25)26)35(22-33)32(39)47-20-24-11-15-28(16-12-24)37(42)43/h2-16,29H,17-22H2,1H3,(H,34,38)/t29-,33-/m1/s1. The third kappa shape index (κ3) is 9.05. The van der Waals surface area contributed by atoms with E-state index in [9.17, 15) is 38.2 Å². The molecule has 1 fully saturated rings. The van der Waals surface area contributed by atoms with Gasteiger partial charge in [-0.3, -0.25) is 24.4 Å². The number of benzene rings is 4. The summed E-state index contributed by atoms with van der Waals surface area (Å²) in [4.78, 5) is 48.5. The smallest absolute Gasteiger partial charge is 0.410 e. The number of hydrogen-bond donors (Lipinski definition) is 1. The molecule has 0 aliphatic carbocycles. The summed E-state index contributed by atoms with van der Waals surface area (Å²) in [6.45, 7) is -1.04. The maximum atomic E-state index is 13.6. The van der Waals surface area contributed by atoms with Gasteiger partial charge < -0.3 is 19.7 Å². The Hall–Kier alpha value is -5.61. The van der Waals surface area contributed by atoms with Crippen molar-refractivity contribution in [3.05, 3.63) is 128 Å². The fraction of sp³-hybridized carbons (Fsp3) is 0.273. The Morgan fingerprint density at radius 2 is 1.43 bits per heavy atom. The van der Waals surface area contributed by atoms with Gasteiger partial charge in [-0.2, -0.15) is 8.42 Å². The van der Waals surface area contributed by atoms with Gasteiger partial charge in [-0.05, 0) is 58.1 Å². The fourth-order valence-electron chi connectivity index (χ4n) is 5.79. The normalized spacial score (nSPS) is 17.4. The second kappa shape index (κ2) is 14.7. The average Bonchev–Trinajstić information content (AvgIpc) is 3.42. The van der Waals surface area contributed by atoms with Crippen molar-refractivity contribution >= 4 is 44.5 Å². The molecule has 256 valence electrons. The molecule has 16 heteroatoms.